The molecule has 0 fully saturated rings. The van der Waals surface area contributed by atoms with Crippen LogP contribution in [0.3, 0.4) is 0 Å². The molecule has 130 valence electrons. The number of hydrogen-bond acceptors (Lipinski definition) is 3. The first-order chi connectivity index (χ1) is 11.0. The fraction of sp³-hybridized carbons (Fsp3) is 0.188. The number of guanidine groups is 1. The Morgan fingerprint density at radius 1 is 1.38 bits per heavy atom. The van der Waals surface area contributed by atoms with Crippen molar-refractivity contribution in [3.63, 3.8) is 0 Å². The number of aliphatic hydroxyl groups excluding tert-OH is 1. The highest BCUT2D eigenvalue weighted by atomic mass is 127. The smallest absolute Gasteiger partial charge is 0.193 e. The van der Waals surface area contributed by atoms with Crippen molar-refractivity contribution in [2.75, 3.05) is 19.0 Å². The highest BCUT2D eigenvalue weighted by Gasteiger charge is 2.10. The van der Waals surface area contributed by atoms with Gasteiger partial charge in [-0.2, -0.15) is 0 Å². The quantitative estimate of drug-likeness (QED) is 0.358. The molecule has 2 aromatic rings. The maximum Gasteiger partial charge on any atom is 0.193 e. The number of methoxy groups -OCH3 is 1. The van der Waals surface area contributed by atoms with Gasteiger partial charge in [0.1, 0.15) is 11.6 Å². The van der Waals surface area contributed by atoms with Gasteiger partial charge in [-0.05, 0) is 29.8 Å². The molecule has 0 saturated heterocycles. The summed E-state index contributed by atoms with van der Waals surface area (Å²) in [5.41, 5.74) is 6.82. The Kier molecular flexibility index (Phi) is 8.23. The topological polar surface area (TPSA) is 79.9 Å². The number of nitrogens with one attached hydrogen (secondary N) is 1. The van der Waals surface area contributed by atoms with Crippen molar-refractivity contribution in [3.8, 4) is 5.75 Å². The van der Waals surface area contributed by atoms with Gasteiger partial charge in [0, 0.05) is 0 Å². The van der Waals surface area contributed by atoms with Crippen molar-refractivity contribution in [2.24, 2.45) is 10.7 Å². The molecule has 0 bridgehead atoms. The minimum Gasteiger partial charge on any atom is -0.495 e. The first-order valence-corrected chi connectivity index (χ1v) is 7.22. The molecule has 0 heterocycles. The molecule has 0 saturated carbocycles. The molecule has 0 radical (unpaired) electrons. The Balaban J connectivity index is 0.00000288. The second-order valence-corrected chi connectivity index (χ2v) is 5.15. The molecule has 0 amide bonds. The third-order valence-corrected chi connectivity index (χ3v) is 3.44. The Morgan fingerprint density at radius 3 is 2.75 bits per heavy atom. The summed E-state index contributed by atoms with van der Waals surface area (Å²) in [5, 5.41) is 12.9. The number of anilines is 1. The van der Waals surface area contributed by atoms with E-state index in [1.54, 1.807) is 19.2 Å². The SMILES string of the molecule is COc1ccccc1NC(N)=NCC(O)c1ccc(Cl)c(F)c1.I. The summed E-state index contributed by atoms with van der Waals surface area (Å²) in [4.78, 5) is 4.05. The van der Waals surface area contributed by atoms with Crippen molar-refractivity contribution in [1.29, 1.82) is 0 Å². The molecule has 2 rings (SSSR count). The van der Waals surface area contributed by atoms with Crippen LogP contribution in [-0.2, 0) is 0 Å². The monoisotopic (exact) mass is 465 g/mol. The summed E-state index contributed by atoms with van der Waals surface area (Å²) < 4.78 is 18.6. The van der Waals surface area contributed by atoms with Gasteiger partial charge in [0.25, 0.3) is 0 Å². The van der Waals surface area contributed by atoms with E-state index in [2.05, 4.69) is 10.3 Å². The molecule has 0 aliphatic rings. The normalized spacial score (nSPS) is 12.2. The van der Waals surface area contributed by atoms with Crippen molar-refractivity contribution in [3.05, 3.63) is 58.9 Å². The van der Waals surface area contributed by atoms with Gasteiger partial charge < -0.3 is 20.9 Å². The molecule has 0 spiro atoms. The maximum atomic E-state index is 13.4. The van der Waals surface area contributed by atoms with Crippen LogP contribution in [0.4, 0.5) is 10.1 Å². The average Bonchev–Trinajstić information content (AvgIpc) is 2.55. The van der Waals surface area contributed by atoms with E-state index in [0.717, 1.165) is 0 Å². The lowest BCUT2D eigenvalue weighted by molar-refractivity contribution is 0.187. The van der Waals surface area contributed by atoms with Crippen LogP contribution in [0, 0.1) is 5.82 Å². The van der Waals surface area contributed by atoms with E-state index < -0.39 is 11.9 Å². The molecule has 2 aromatic carbocycles. The van der Waals surface area contributed by atoms with Gasteiger partial charge in [0.2, 0.25) is 0 Å². The number of ether oxygens (including phenoxy) is 1. The zero-order valence-corrected chi connectivity index (χ0v) is 16.0. The minimum absolute atomic E-state index is 0. The van der Waals surface area contributed by atoms with Gasteiger partial charge in [0.15, 0.2) is 5.96 Å². The fourth-order valence-corrected chi connectivity index (χ4v) is 2.05. The van der Waals surface area contributed by atoms with E-state index in [0.29, 0.717) is 17.0 Å². The summed E-state index contributed by atoms with van der Waals surface area (Å²) in [6, 6.07) is 11.3. The summed E-state index contributed by atoms with van der Waals surface area (Å²) in [7, 11) is 1.55. The van der Waals surface area contributed by atoms with E-state index >= 15 is 0 Å². The number of aliphatic hydroxyl groups is 1. The van der Waals surface area contributed by atoms with E-state index in [1.807, 2.05) is 12.1 Å². The second kappa shape index (κ2) is 9.65. The number of nitrogens with zero attached hydrogens (tertiary/aromatic N) is 1. The standard InChI is InChI=1S/C16H17ClFN3O2.HI/c1-23-15-5-3-2-4-13(15)21-16(19)20-9-14(22)10-6-7-11(17)12(18)8-10;/h2-8,14,22H,9H2,1H3,(H3,19,20,21);1H. The van der Waals surface area contributed by atoms with Crippen molar-refractivity contribution in [2.45, 2.75) is 6.10 Å². The molecular weight excluding hydrogens is 448 g/mol. The predicted molar refractivity (Wildman–Crippen MR) is 105 cm³/mol. The second-order valence-electron chi connectivity index (χ2n) is 4.74. The van der Waals surface area contributed by atoms with E-state index in [1.165, 1.54) is 18.2 Å². The summed E-state index contributed by atoms with van der Waals surface area (Å²) in [5.74, 6) is 0.140. The van der Waals surface area contributed by atoms with Gasteiger partial charge in [-0.3, -0.25) is 4.99 Å². The van der Waals surface area contributed by atoms with Crippen LogP contribution in [0.2, 0.25) is 5.02 Å². The lowest BCUT2D eigenvalue weighted by atomic mass is 10.1. The van der Waals surface area contributed by atoms with Gasteiger partial charge in [-0.1, -0.05) is 29.8 Å². The van der Waals surface area contributed by atoms with Gasteiger partial charge in [-0.15, -0.1) is 24.0 Å². The van der Waals surface area contributed by atoms with Gasteiger partial charge in [-0.25, -0.2) is 4.39 Å². The summed E-state index contributed by atoms with van der Waals surface area (Å²) in [6.07, 6.45) is -0.986. The number of rotatable bonds is 5. The van der Waals surface area contributed by atoms with Crippen LogP contribution in [0.25, 0.3) is 0 Å². The maximum absolute atomic E-state index is 13.4. The molecule has 5 nitrogen and oxygen atoms in total. The number of aliphatic imine (C=N–C) groups is 1. The first kappa shape index (κ1) is 20.5. The van der Waals surface area contributed by atoms with Crippen LogP contribution >= 0.6 is 35.6 Å². The van der Waals surface area contributed by atoms with Crippen molar-refractivity contribution >= 4 is 47.2 Å². The Hall–Kier alpha value is -1.58. The minimum atomic E-state index is -0.986. The summed E-state index contributed by atoms with van der Waals surface area (Å²) >= 11 is 5.61. The average molecular weight is 466 g/mol. The lowest BCUT2D eigenvalue weighted by Crippen LogP contribution is -2.24. The van der Waals surface area contributed by atoms with Crippen LogP contribution in [0.1, 0.15) is 11.7 Å². The molecule has 4 N–H and O–H groups in total. The lowest BCUT2D eigenvalue weighted by Gasteiger charge is -2.12. The van der Waals surface area contributed by atoms with Crippen LogP contribution in [0.5, 0.6) is 5.75 Å². The third kappa shape index (κ3) is 5.50. The Labute approximate surface area is 161 Å². The molecule has 0 aromatic heterocycles. The predicted octanol–water partition coefficient (Wildman–Crippen LogP) is 3.57. The van der Waals surface area contributed by atoms with E-state index in [-0.39, 0.29) is 41.5 Å². The third-order valence-electron chi connectivity index (χ3n) is 3.13. The molecule has 8 heteroatoms. The van der Waals surface area contributed by atoms with Gasteiger partial charge in [0.05, 0.1) is 30.5 Å². The number of benzene rings is 2. The number of nitrogens with two attached hydrogens (primary N) is 1. The molecule has 1 atom stereocenters. The molecule has 0 aliphatic carbocycles. The molecule has 24 heavy (non-hydrogen) atoms. The fourth-order valence-electron chi connectivity index (χ4n) is 1.94. The Morgan fingerprint density at radius 2 is 2.08 bits per heavy atom. The molecular formula is C16H18ClFIN3O2. The van der Waals surface area contributed by atoms with E-state index in [4.69, 9.17) is 22.1 Å². The van der Waals surface area contributed by atoms with Crippen LogP contribution < -0.4 is 15.8 Å². The molecule has 0 aliphatic heterocycles. The number of hydrogen-bond donors (Lipinski definition) is 3. The van der Waals surface area contributed by atoms with E-state index in [9.17, 15) is 9.50 Å². The summed E-state index contributed by atoms with van der Waals surface area (Å²) in [6.45, 7) is -0.0188. The van der Waals surface area contributed by atoms with Crippen LogP contribution in [-0.4, -0.2) is 24.7 Å². The highest BCUT2D eigenvalue weighted by molar-refractivity contribution is 14.0. The zero-order valence-electron chi connectivity index (χ0n) is 12.9. The zero-order chi connectivity index (χ0) is 16.8. The van der Waals surface area contributed by atoms with Crippen molar-refractivity contribution < 1.29 is 14.2 Å². The van der Waals surface area contributed by atoms with Crippen molar-refractivity contribution in [1.82, 2.24) is 0 Å². The number of halogens is 3. The Bertz CT molecular complexity index is 715. The molecule has 1 unspecified atom stereocenters. The first-order valence-electron chi connectivity index (χ1n) is 6.84. The largest absolute Gasteiger partial charge is 0.495 e. The van der Waals surface area contributed by atoms with Gasteiger partial charge >= 0.3 is 0 Å². The highest BCUT2D eigenvalue weighted by Crippen LogP contribution is 2.23. The van der Waals surface area contributed by atoms with Crippen LogP contribution in [0.15, 0.2) is 47.5 Å². The number of para-hydroxylation sites is 2.